The molecule has 0 heterocycles. The van der Waals surface area contributed by atoms with Crippen LogP contribution in [0.15, 0.2) is 11.6 Å². The van der Waals surface area contributed by atoms with Gasteiger partial charge in [0.1, 0.15) is 6.29 Å². The highest BCUT2D eigenvalue weighted by Crippen LogP contribution is 2.87. The maximum Gasteiger partial charge on any atom is 0.145 e. The summed E-state index contributed by atoms with van der Waals surface area (Å²) < 4.78 is 0. The Morgan fingerprint density at radius 3 is 2.38 bits per heavy atom. The van der Waals surface area contributed by atoms with E-state index >= 15 is 0 Å². The smallest absolute Gasteiger partial charge is 0.145 e. The van der Waals surface area contributed by atoms with Crippen LogP contribution < -0.4 is 0 Å². The van der Waals surface area contributed by atoms with E-state index in [4.69, 9.17) is 0 Å². The fourth-order valence-electron chi connectivity index (χ4n) is 5.15. The summed E-state index contributed by atoms with van der Waals surface area (Å²) in [6.45, 7) is 6.94. The van der Waals surface area contributed by atoms with Gasteiger partial charge in [0.15, 0.2) is 0 Å². The SMILES string of the molecule is C/C(C=O)=C\CC[C@]1(C)C2C[C@@H]3[C@H](C2)C31C. The van der Waals surface area contributed by atoms with Gasteiger partial charge >= 0.3 is 0 Å². The molecule has 2 unspecified atom stereocenters. The summed E-state index contributed by atoms with van der Waals surface area (Å²) in [5, 5.41) is 0. The Kier molecular flexibility index (Phi) is 1.98. The highest BCUT2D eigenvalue weighted by Gasteiger charge is 2.80. The summed E-state index contributed by atoms with van der Waals surface area (Å²) >= 11 is 0. The molecular weight excluding hydrogens is 196 g/mol. The molecule has 0 amide bonds. The van der Waals surface area contributed by atoms with Crippen molar-refractivity contribution < 1.29 is 4.79 Å². The first-order chi connectivity index (χ1) is 7.54. The van der Waals surface area contributed by atoms with Gasteiger partial charge in [-0.2, -0.15) is 0 Å². The van der Waals surface area contributed by atoms with Gasteiger partial charge in [-0.1, -0.05) is 19.9 Å². The monoisotopic (exact) mass is 218 g/mol. The second kappa shape index (κ2) is 3.00. The van der Waals surface area contributed by atoms with Crippen LogP contribution >= 0.6 is 0 Å². The third kappa shape index (κ3) is 1.00. The lowest BCUT2D eigenvalue weighted by atomic mass is 9.71. The van der Waals surface area contributed by atoms with Gasteiger partial charge in [0.05, 0.1) is 0 Å². The van der Waals surface area contributed by atoms with Gasteiger partial charge in [-0.3, -0.25) is 4.79 Å². The second-order valence-corrected chi connectivity index (χ2v) is 6.69. The van der Waals surface area contributed by atoms with Gasteiger partial charge in [0, 0.05) is 0 Å². The van der Waals surface area contributed by atoms with Crippen LogP contribution in [0.4, 0.5) is 0 Å². The molecule has 4 bridgehead atoms. The summed E-state index contributed by atoms with van der Waals surface area (Å²) in [5.74, 6) is 3.09. The topological polar surface area (TPSA) is 17.1 Å². The highest BCUT2D eigenvalue weighted by molar-refractivity contribution is 5.71. The van der Waals surface area contributed by atoms with Gasteiger partial charge < -0.3 is 0 Å². The molecule has 0 aliphatic heterocycles. The lowest BCUT2D eigenvalue weighted by molar-refractivity contribution is -0.104. The van der Waals surface area contributed by atoms with Crippen molar-refractivity contribution >= 4 is 6.29 Å². The Morgan fingerprint density at radius 2 is 1.94 bits per heavy atom. The molecule has 0 aromatic heterocycles. The summed E-state index contributed by atoms with van der Waals surface area (Å²) in [7, 11) is 0. The molecule has 1 nitrogen and oxygen atoms in total. The first-order valence-electron chi connectivity index (χ1n) is 6.66. The third-order valence-corrected chi connectivity index (χ3v) is 6.44. The molecule has 4 saturated carbocycles. The lowest BCUT2D eigenvalue weighted by Crippen LogP contribution is -2.26. The van der Waals surface area contributed by atoms with E-state index in [2.05, 4.69) is 19.9 Å². The van der Waals surface area contributed by atoms with Crippen molar-refractivity contribution in [2.24, 2.45) is 28.6 Å². The Labute approximate surface area is 98.3 Å². The van der Waals surface area contributed by atoms with Crippen LogP contribution in [0.1, 0.15) is 46.5 Å². The van der Waals surface area contributed by atoms with Gasteiger partial charge in [-0.05, 0) is 66.8 Å². The van der Waals surface area contributed by atoms with E-state index in [-0.39, 0.29) is 0 Å². The molecule has 0 aromatic carbocycles. The van der Waals surface area contributed by atoms with Gasteiger partial charge in [0.2, 0.25) is 0 Å². The standard InChI is InChI=1S/C15H22O/c1-10(9-16)5-4-6-14(2)11-7-12-13(8-11)15(12,14)3/h5,9,11-13H,4,6-8H2,1-3H3/b10-5+/t11?,12-,13+,14-,15?/m1/s1. The van der Waals surface area contributed by atoms with Gasteiger partial charge in [-0.25, -0.2) is 0 Å². The zero-order valence-electron chi connectivity index (χ0n) is 10.6. The second-order valence-electron chi connectivity index (χ2n) is 6.69. The number of carbonyl (C=O) groups is 1. The highest BCUT2D eigenvalue weighted by atomic mass is 16.1. The maximum atomic E-state index is 10.6. The van der Waals surface area contributed by atoms with E-state index in [0.717, 1.165) is 36.0 Å². The fourth-order valence-corrected chi connectivity index (χ4v) is 5.15. The predicted molar refractivity (Wildman–Crippen MR) is 65.0 cm³/mol. The van der Waals surface area contributed by atoms with E-state index in [1.54, 1.807) is 0 Å². The van der Waals surface area contributed by atoms with Crippen LogP contribution in [0.3, 0.4) is 0 Å². The molecular formula is C15H22O. The molecule has 16 heavy (non-hydrogen) atoms. The number of aldehydes is 1. The summed E-state index contributed by atoms with van der Waals surface area (Å²) in [5.41, 5.74) is 2.13. The van der Waals surface area contributed by atoms with Gasteiger partial charge in [0.25, 0.3) is 0 Å². The fraction of sp³-hybridized carbons (Fsp3) is 0.800. The van der Waals surface area contributed by atoms with E-state index in [1.165, 1.54) is 19.3 Å². The zero-order chi connectivity index (χ0) is 11.6. The lowest BCUT2D eigenvalue weighted by Gasteiger charge is -2.34. The van der Waals surface area contributed by atoms with E-state index in [1.807, 2.05) is 6.92 Å². The number of hydrogen-bond acceptors (Lipinski definition) is 1. The molecule has 0 radical (unpaired) electrons. The first-order valence-corrected chi connectivity index (χ1v) is 6.66. The maximum absolute atomic E-state index is 10.6. The summed E-state index contributed by atoms with van der Waals surface area (Å²) in [6.07, 6.45) is 8.45. The number of hydrogen-bond donors (Lipinski definition) is 0. The Balaban J connectivity index is 1.70. The minimum atomic E-state index is 0.571. The summed E-state index contributed by atoms with van der Waals surface area (Å²) in [6, 6.07) is 0. The summed E-state index contributed by atoms with van der Waals surface area (Å²) in [4.78, 5) is 10.6. The van der Waals surface area contributed by atoms with Crippen LogP contribution in [0.2, 0.25) is 0 Å². The molecule has 4 aliphatic rings. The molecule has 0 saturated heterocycles. The van der Waals surface area contributed by atoms with Crippen molar-refractivity contribution in [1.82, 2.24) is 0 Å². The zero-order valence-corrected chi connectivity index (χ0v) is 10.6. The Bertz CT molecular complexity index is 356. The molecule has 4 rings (SSSR count). The largest absolute Gasteiger partial charge is 0.298 e. The Hall–Kier alpha value is -0.590. The number of rotatable bonds is 4. The molecule has 4 fully saturated rings. The molecule has 1 heteroatoms. The average molecular weight is 218 g/mol. The van der Waals surface area contributed by atoms with Crippen LogP contribution in [-0.2, 0) is 4.79 Å². The Morgan fingerprint density at radius 1 is 1.31 bits per heavy atom. The van der Waals surface area contributed by atoms with E-state index < -0.39 is 0 Å². The molecule has 4 aliphatic carbocycles. The molecule has 5 atom stereocenters. The van der Waals surface area contributed by atoms with E-state index in [0.29, 0.717) is 10.8 Å². The minimum absolute atomic E-state index is 0.571. The van der Waals surface area contributed by atoms with E-state index in [9.17, 15) is 4.79 Å². The van der Waals surface area contributed by atoms with Crippen molar-refractivity contribution in [1.29, 1.82) is 0 Å². The van der Waals surface area contributed by atoms with Crippen LogP contribution in [0, 0.1) is 28.6 Å². The average Bonchev–Trinajstić information content (AvgIpc) is 2.62. The third-order valence-electron chi connectivity index (χ3n) is 6.44. The van der Waals surface area contributed by atoms with Crippen molar-refractivity contribution in [3.8, 4) is 0 Å². The number of allylic oxidation sites excluding steroid dienone is 2. The van der Waals surface area contributed by atoms with Crippen molar-refractivity contribution in [2.75, 3.05) is 0 Å². The molecule has 0 spiro atoms. The van der Waals surface area contributed by atoms with Crippen molar-refractivity contribution in [3.05, 3.63) is 11.6 Å². The molecule has 88 valence electrons. The van der Waals surface area contributed by atoms with Crippen molar-refractivity contribution in [2.45, 2.75) is 46.5 Å². The van der Waals surface area contributed by atoms with Crippen LogP contribution in [0.5, 0.6) is 0 Å². The number of carbonyl (C=O) groups excluding carboxylic acids is 1. The normalized spacial score (nSPS) is 53.2. The van der Waals surface area contributed by atoms with Crippen LogP contribution in [-0.4, -0.2) is 6.29 Å². The van der Waals surface area contributed by atoms with Crippen molar-refractivity contribution in [3.63, 3.8) is 0 Å². The minimum Gasteiger partial charge on any atom is -0.298 e. The van der Waals surface area contributed by atoms with Gasteiger partial charge in [-0.15, -0.1) is 0 Å². The van der Waals surface area contributed by atoms with Crippen LogP contribution in [0.25, 0.3) is 0 Å². The predicted octanol–water partition coefficient (Wildman–Crippen LogP) is 3.59. The first kappa shape index (κ1) is 10.6. The molecule has 0 N–H and O–H groups in total. The quantitative estimate of drug-likeness (QED) is 0.520. The molecule has 0 aromatic rings.